The highest BCUT2D eigenvalue weighted by atomic mass is 79.9. The summed E-state index contributed by atoms with van der Waals surface area (Å²) in [6, 6.07) is 17.6. The molecular formula is C23H19BrFN3O4. The molecule has 0 atom stereocenters. The van der Waals surface area contributed by atoms with Gasteiger partial charge in [0, 0.05) is 15.6 Å². The summed E-state index contributed by atoms with van der Waals surface area (Å²) in [6.45, 7) is -0.340. The molecule has 3 aromatic carbocycles. The molecule has 0 saturated heterocycles. The van der Waals surface area contributed by atoms with Gasteiger partial charge in [-0.25, -0.2) is 9.82 Å². The van der Waals surface area contributed by atoms with E-state index < -0.39 is 17.6 Å². The number of nitrogens with zero attached hydrogens (tertiary/aromatic N) is 1. The summed E-state index contributed by atoms with van der Waals surface area (Å²) in [6.07, 6.45) is 1.40. The van der Waals surface area contributed by atoms with Gasteiger partial charge in [-0.2, -0.15) is 5.10 Å². The molecule has 3 aromatic rings. The van der Waals surface area contributed by atoms with Crippen LogP contribution in [0.5, 0.6) is 11.5 Å². The Kier molecular flexibility index (Phi) is 7.93. The maximum atomic E-state index is 13.7. The van der Waals surface area contributed by atoms with Gasteiger partial charge in [0.05, 0.1) is 19.0 Å². The van der Waals surface area contributed by atoms with Crippen molar-refractivity contribution >= 4 is 39.6 Å². The number of rotatable bonds is 8. The lowest BCUT2D eigenvalue weighted by Crippen LogP contribution is -2.21. The van der Waals surface area contributed by atoms with Crippen LogP contribution in [0.15, 0.2) is 76.3 Å². The van der Waals surface area contributed by atoms with Crippen molar-refractivity contribution < 1.29 is 23.5 Å². The number of anilines is 1. The molecular weight excluding hydrogens is 481 g/mol. The first kappa shape index (κ1) is 23.0. The summed E-state index contributed by atoms with van der Waals surface area (Å²) in [5, 5.41) is 6.41. The second kappa shape index (κ2) is 11.1. The van der Waals surface area contributed by atoms with Gasteiger partial charge >= 0.3 is 0 Å². The molecule has 0 fully saturated rings. The highest BCUT2D eigenvalue weighted by molar-refractivity contribution is 9.10. The van der Waals surface area contributed by atoms with Crippen molar-refractivity contribution in [3.8, 4) is 11.5 Å². The minimum atomic E-state index is -0.538. The van der Waals surface area contributed by atoms with Gasteiger partial charge in [-0.15, -0.1) is 0 Å². The Balaban J connectivity index is 1.63. The average molecular weight is 500 g/mol. The summed E-state index contributed by atoms with van der Waals surface area (Å²) in [4.78, 5) is 24.4. The summed E-state index contributed by atoms with van der Waals surface area (Å²) < 4.78 is 25.1. The number of hydrogen-bond donors (Lipinski definition) is 2. The molecule has 0 aliphatic rings. The van der Waals surface area contributed by atoms with E-state index >= 15 is 0 Å². The minimum absolute atomic E-state index is 0.0685. The van der Waals surface area contributed by atoms with E-state index in [0.717, 1.165) is 4.47 Å². The van der Waals surface area contributed by atoms with Crippen LogP contribution in [0.25, 0.3) is 0 Å². The number of hydrogen-bond acceptors (Lipinski definition) is 5. The molecule has 0 heterocycles. The van der Waals surface area contributed by atoms with E-state index in [9.17, 15) is 14.0 Å². The van der Waals surface area contributed by atoms with Gasteiger partial charge in [-0.05, 0) is 48.5 Å². The summed E-state index contributed by atoms with van der Waals surface area (Å²) in [5.74, 6) is -0.563. The molecule has 0 aliphatic carbocycles. The molecule has 164 valence electrons. The van der Waals surface area contributed by atoms with Crippen LogP contribution in [0.2, 0.25) is 0 Å². The Morgan fingerprint density at radius 2 is 1.91 bits per heavy atom. The molecule has 0 bridgehead atoms. The van der Waals surface area contributed by atoms with Crippen LogP contribution in [-0.4, -0.2) is 31.7 Å². The quantitative estimate of drug-likeness (QED) is 0.355. The van der Waals surface area contributed by atoms with Crippen molar-refractivity contribution in [2.75, 3.05) is 19.0 Å². The molecule has 3 rings (SSSR count). The van der Waals surface area contributed by atoms with Crippen LogP contribution in [0.4, 0.5) is 10.1 Å². The topological polar surface area (TPSA) is 89.0 Å². The van der Waals surface area contributed by atoms with Gasteiger partial charge in [0.15, 0.2) is 6.61 Å². The first-order valence-corrected chi connectivity index (χ1v) is 10.2. The van der Waals surface area contributed by atoms with E-state index in [2.05, 4.69) is 31.8 Å². The number of hydrazone groups is 1. The van der Waals surface area contributed by atoms with Gasteiger partial charge in [-0.3, -0.25) is 9.59 Å². The van der Waals surface area contributed by atoms with Crippen LogP contribution in [0, 0.1) is 5.82 Å². The zero-order valence-corrected chi connectivity index (χ0v) is 18.6. The van der Waals surface area contributed by atoms with Crippen LogP contribution in [-0.2, 0) is 4.79 Å². The van der Waals surface area contributed by atoms with Gasteiger partial charge < -0.3 is 14.8 Å². The van der Waals surface area contributed by atoms with Crippen LogP contribution in [0.3, 0.4) is 0 Å². The fourth-order valence-electron chi connectivity index (χ4n) is 2.63. The number of para-hydroxylation sites is 1. The van der Waals surface area contributed by atoms with E-state index in [4.69, 9.17) is 9.47 Å². The Hall–Kier alpha value is -3.72. The molecule has 0 saturated carbocycles. The van der Waals surface area contributed by atoms with Gasteiger partial charge in [-0.1, -0.05) is 34.1 Å². The first-order chi connectivity index (χ1) is 15.5. The third-order valence-corrected chi connectivity index (χ3v) is 4.67. The Labute approximate surface area is 192 Å². The van der Waals surface area contributed by atoms with Crippen LogP contribution < -0.4 is 20.2 Å². The zero-order chi connectivity index (χ0) is 22.9. The maximum absolute atomic E-state index is 13.7. The standard InChI is InChI=1S/C23H19BrFN3O4/c1-31-18-6-4-5-15(12-18)23(30)28-26-13-16-11-17(24)9-10-21(16)32-14-22(29)27-20-8-3-2-7-19(20)25/h2-13H,14H2,1H3,(H,27,29)(H,28,30)/b26-13+. The largest absolute Gasteiger partial charge is 0.497 e. The van der Waals surface area contributed by atoms with E-state index in [1.54, 1.807) is 48.5 Å². The monoisotopic (exact) mass is 499 g/mol. The predicted octanol–water partition coefficient (Wildman–Crippen LogP) is 4.38. The molecule has 2 amide bonds. The lowest BCUT2D eigenvalue weighted by atomic mass is 10.2. The van der Waals surface area contributed by atoms with Crippen molar-refractivity contribution in [1.82, 2.24) is 5.43 Å². The average Bonchev–Trinajstić information content (AvgIpc) is 2.80. The summed E-state index contributed by atoms with van der Waals surface area (Å²) >= 11 is 3.36. The Bertz CT molecular complexity index is 1150. The summed E-state index contributed by atoms with van der Waals surface area (Å²) in [7, 11) is 1.51. The van der Waals surface area contributed by atoms with Gasteiger partial charge in [0.1, 0.15) is 17.3 Å². The molecule has 32 heavy (non-hydrogen) atoms. The Morgan fingerprint density at radius 1 is 1.09 bits per heavy atom. The number of nitrogens with one attached hydrogen (secondary N) is 2. The number of ether oxygens (including phenoxy) is 2. The maximum Gasteiger partial charge on any atom is 0.271 e. The number of halogens is 2. The smallest absolute Gasteiger partial charge is 0.271 e. The molecule has 0 aromatic heterocycles. The lowest BCUT2D eigenvalue weighted by Gasteiger charge is -2.10. The minimum Gasteiger partial charge on any atom is -0.497 e. The van der Waals surface area contributed by atoms with Crippen LogP contribution in [0.1, 0.15) is 15.9 Å². The van der Waals surface area contributed by atoms with Crippen molar-refractivity contribution in [3.63, 3.8) is 0 Å². The van der Waals surface area contributed by atoms with Crippen molar-refractivity contribution in [1.29, 1.82) is 0 Å². The number of amides is 2. The second-order valence-electron chi connectivity index (χ2n) is 6.43. The van der Waals surface area contributed by atoms with Crippen molar-refractivity contribution in [2.24, 2.45) is 5.10 Å². The van der Waals surface area contributed by atoms with Crippen LogP contribution >= 0.6 is 15.9 Å². The van der Waals surface area contributed by atoms with Crippen molar-refractivity contribution in [2.45, 2.75) is 0 Å². The highest BCUT2D eigenvalue weighted by Crippen LogP contribution is 2.22. The van der Waals surface area contributed by atoms with E-state index in [-0.39, 0.29) is 12.3 Å². The fourth-order valence-corrected chi connectivity index (χ4v) is 3.01. The lowest BCUT2D eigenvalue weighted by molar-refractivity contribution is -0.118. The van der Waals surface area contributed by atoms with E-state index in [1.807, 2.05) is 0 Å². The predicted molar refractivity (Wildman–Crippen MR) is 123 cm³/mol. The van der Waals surface area contributed by atoms with Gasteiger partial charge in [0.2, 0.25) is 0 Å². The second-order valence-corrected chi connectivity index (χ2v) is 7.35. The zero-order valence-electron chi connectivity index (χ0n) is 17.0. The van der Waals surface area contributed by atoms with E-state index in [0.29, 0.717) is 22.6 Å². The number of methoxy groups -OCH3 is 1. The normalized spacial score (nSPS) is 10.6. The Morgan fingerprint density at radius 3 is 2.69 bits per heavy atom. The third-order valence-electron chi connectivity index (χ3n) is 4.18. The number of benzene rings is 3. The first-order valence-electron chi connectivity index (χ1n) is 9.40. The SMILES string of the molecule is COc1cccc(C(=O)N/N=C/c2cc(Br)ccc2OCC(=O)Nc2ccccc2F)c1. The third kappa shape index (κ3) is 6.39. The summed E-state index contributed by atoms with van der Waals surface area (Å²) in [5.41, 5.74) is 3.40. The van der Waals surface area contributed by atoms with E-state index in [1.165, 1.54) is 31.5 Å². The number of carbonyl (C=O) groups excluding carboxylic acids is 2. The number of carbonyl (C=O) groups is 2. The van der Waals surface area contributed by atoms with Crippen molar-refractivity contribution in [3.05, 3.63) is 88.1 Å². The molecule has 0 unspecified atom stereocenters. The molecule has 0 aliphatic heterocycles. The molecule has 7 nitrogen and oxygen atoms in total. The molecule has 0 spiro atoms. The molecule has 9 heteroatoms. The van der Waals surface area contributed by atoms with Gasteiger partial charge in [0.25, 0.3) is 11.8 Å². The molecule has 2 N–H and O–H groups in total. The highest BCUT2D eigenvalue weighted by Gasteiger charge is 2.10. The fraction of sp³-hybridized carbons (Fsp3) is 0.0870. The molecule has 0 radical (unpaired) electrons.